The lowest BCUT2D eigenvalue weighted by molar-refractivity contribution is -0.150. The maximum absolute atomic E-state index is 12.9. The summed E-state index contributed by atoms with van der Waals surface area (Å²) >= 11 is 0. The number of sulfonamides is 1. The van der Waals surface area contributed by atoms with Gasteiger partial charge in [0, 0.05) is 13.0 Å². The van der Waals surface area contributed by atoms with Crippen LogP contribution in [0.1, 0.15) is 23.9 Å². The van der Waals surface area contributed by atoms with Gasteiger partial charge in [-0.15, -0.1) is 0 Å². The smallest absolute Gasteiger partial charge is 0.325 e. The number of aromatic nitrogens is 2. The summed E-state index contributed by atoms with van der Waals surface area (Å²) in [5.41, 5.74) is 2.45. The molecule has 0 aliphatic carbocycles. The minimum absolute atomic E-state index is 0.0976. The number of methoxy groups -OCH3 is 1. The molecule has 0 fully saturated rings. The third-order valence-electron chi connectivity index (χ3n) is 5.35. The molecular weight excluding hydrogens is 434 g/mol. The first-order valence-electron chi connectivity index (χ1n) is 10.1. The van der Waals surface area contributed by atoms with Crippen molar-refractivity contribution in [1.82, 2.24) is 14.4 Å². The van der Waals surface area contributed by atoms with Gasteiger partial charge < -0.3 is 14.0 Å². The number of carbonyl (C=O) groups is 1. The number of rotatable bonds is 7. The molecule has 1 aliphatic heterocycles. The van der Waals surface area contributed by atoms with E-state index in [9.17, 15) is 13.2 Å². The summed E-state index contributed by atoms with van der Waals surface area (Å²) in [6, 6.07) is 13.7. The van der Waals surface area contributed by atoms with E-state index in [1.807, 2.05) is 36.4 Å². The average Bonchev–Trinajstić information content (AvgIpc) is 3.30. The molecule has 0 spiro atoms. The second-order valence-electron chi connectivity index (χ2n) is 7.25. The molecule has 4 rings (SSSR count). The molecule has 2 aromatic carbocycles. The van der Waals surface area contributed by atoms with E-state index >= 15 is 0 Å². The third kappa shape index (κ3) is 4.37. The maximum atomic E-state index is 12.9. The summed E-state index contributed by atoms with van der Waals surface area (Å²) in [5.74, 6) is 0.215. The van der Waals surface area contributed by atoms with Crippen LogP contribution in [0.25, 0.3) is 11.4 Å². The number of carbonyl (C=O) groups excluding carboxylic acids is 1. The van der Waals surface area contributed by atoms with Crippen LogP contribution in [0.2, 0.25) is 0 Å². The molecule has 0 radical (unpaired) electrons. The Bertz CT molecular complexity index is 1220. The number of esters is 1. The van der Waals surface area contributed by atoms with Crippen molar-refractivity contribution in [3.63, 3.8) is 0 Å². The summed E-state index contributed by atoms with van der Waals surface area (Å²) in [7, 11) is -2.07. The number of fused-ring (bicyclic) bond motifs is 1. The van der Waals surface area contributed by atoms with Crippen LogP contribution in [0.15, 0.2) is 53.1 Å². The molecule has 168 valence electrons. The molecule has 9 nitrogen and oxygen atoms in total. The average molecular weight is 458 g/mol. The van der Waals surface area contributed by atoms with Gasteiger partial charge in [0.1, 0.15) is 11.8 Å². The van der Waals surface area contributed by atoms with E-state index < -0.39 is 22.0 Å². The summed E-state index contributed by atoms with van der Waals surface area (Å²) in [6.07, 6.45) is 0.241. The van der Waals surface area contributed by atoms with Gasteiger partial charge in [0.25, 0.3) is 5.89 Å². The lowest BCUT2D eigenvalue weighted by Crippen LogP contribution is -2.49. The molecule has 1 aromatic heterocycles. The molecule has 0 saturated heterocycles. The number of nitrogens with zero attached hydrogens (tertiary/aromatic N) is 3. The molecule has 0 amide bonds. The Kier molecular flexibility index (Phi) is 6.24. The minimum atomic E-state index is -3.61. The molecule has 32 heavy (non-hydrogen) atoms. The fourth-order valence-corrected chi connectivity index (χ4v) is 4.86. The number of hydrogen-bond acceptors (Lipinski definition) is 8. The van der Waals surface area contributed by atoms with Gasteiger partial charge in [-0.2, -0.15) is 9.29 Å². The van der Waals surface area contributed by atoms with Crippen LogP contribution in [-0.2, 0) is 39.1 Å². The molecule has 1 atom stereocenters. The van der Waals surface area contributed by atoms with Crippen molar-refractivity contribution in [2.45, 2.75) is 32.5 Å². The lowest BCUT2D eigenvalue weighted by atomic mass is 9.96. The number of benzene rings is 2. The highest BCUT2D eigenvalue weighted by Crippen LogP contribution is 2.28. The highest BCUT2D eigenvalue weighted by Gasteiger charge is 2.39. The largest absolute Gasteiger partial charge is 0.496 e. The summed E-state index contributed by atoms with van der Waals surface area (Å²) in [6.45, 7) is 1.42. The van der Waals surface area contributed by atoms with Gasteiger partial charge in [0.2, 0.25) is 15.8 Å². The summed E-state index contributed by atoms with van der Waals surface area (Å²) in [5, 5.41) is 3.92. The van der Waals surface area contributed by atoms with Crippen LogP contribution in [0.4, 0.5) is 0 Å². The first-order chi connectivity index (χ1) is 15.4. The van der Waals surface area contributed by atoms with Crippen molar-refractivity contribution < 1.29 is 27.2 Å². The molecule has 3 aromatic rings. The van der Waals surface area contributed by atoms with Gasteiger partial charge >= 0.3 is 5.97 Å². The zero-order valence-corrected chi connectivity index (χ0v) is 18.5. The molecule has 0 bridgehead atoms. The molecule has 2 heterocycles. The van der Waals surface area contributed by atoms with E-state index in [1.165, 1.54) is 4.31 Å². The predicted molar refractivity (Wildman–Crippen MR) is 115 cm³/mol. The van der Waals surface area contributed by atoms with E-state index in [1.54, 1.807) is 26.2 Å². The van der Waals surface area contributed by atoms with E-state index in [0.717, 1.165) is 11.1 Å². The Morgan fingerprint density at radius 1 is 1.16 bits per heavy atom. The van der Waals surface area contributed by atoms with Crippen LogP contribution >= 0.6 is 0 Å². The second kappa shape index (κ2) is 9.09. The lowest BCUT2D eigenvalue weighted by Gasteiger charge is -2.34. The molecule has 0 unspecified atom stereocenters. The second-order valence-corrected chi connectivity index (χ2v) is 9.46. The van der Waals surface area contributed by atoms with Crippen molar-refractivity contribution in [2.75, 3.05) is 12.9 Å². The Hall–Kier alpha value is -3.24. The Morgan fingerprint density at radius 3 is 2.62 bits per heavy atom. The molecule has 0 saturated carbocycles. The number of para-hydroxylation sites is 1. The van der Waals surface area contributed by atoms with Crippen LogP contribution in [0, 0.1) is 0 Å². The van der Waals surface area contributed by atoms with Gasteiger partial charge in [-0.1, -0.05) is 41.6 Å². The topological polar surface area (TPSA) is 112 Å². The van der Waals surface area contributed by atoms with Gasteiger partial charge in [0.15, 0.2) is 6.61 Å². The van der Waals surface area contributed by atoms with Gasteiger partial charge in [0.05, 0.1) is 18.4 Å². The van der Waals surface area contributed by atoms with Gasteiger partial charge in [-0.05, 0) is 30.2 Å². The standard InChI is InChI=1S/C22H23N3O6S/c1-3-32(27,28)25-13-16-9-5-4-8-15(16)12-18(25)22(26)30-14-20-23-21(24-31-20)17-10-6-7-11-19(17)29-2/h4-11,18H,3,12-14H2,1-2H3/t18-/m0/s1. The zero-order chi connectivity index (χ0) is 22.7. The molecule has 0 N–H and O–H groups in total. The third-order valence-corrected chi connectivity index (χ3v) is 7.18. The van der Waals surface area contributed by atoms with E-state index in [-0.39, 0.29) is 31.2 Å². The molecule has 10 heteroatoms. The van der Waals surface area contributed by atoms with Crippen LogP contribution in [0.3, 0.4) is 0 Å². The zero-order valence-electron chi connectivity index (χ0n) is 17.7. The molecular formula is C22H23N3O6S. The fraction of sp³-hybridized carbons (Fsp3) is 0.318. The minimum Gasteiger partial charge on any atom is -0.496 e. The van der Waals surface area contributed by atoms with Crippen molar-refractivity contribution in [2.24, 2.45) is 0 Å². The quantitative estimate of drug-likeness (QED) is 0.498. The Balaban J connectivity index is 1.50. The highest BCUT2D eigenvalue weighted by atomic mass is 32.2. The van der Waals surface area contributed by atoms with Crippen LogP contribution < -0.4 is 4.74 Å². The number of ether oxygens (including phenoxy) is 2. The number of hydrogen-bond donors (Lipinski definition) is 0. The normalized spacial score (nSPS) is 16.4. The Labute approximate surface area is 186 Å². The summed E-state index contributed by atoms with van der Waals surface area (Å²) < 4.78 is 42.4. The highest BCUT2D eigenvalue weighted by molar-refractivity contribution is 7.89. The van der Waals surface area contributed by atoms with E-state index in [2.05, 4.69) is 10.1 Å². The predicted octanol–water partition coefficient (Wildman–Crippen LogP) is 2.57. The van der Waals surface area contributed by atoms with Crippen molar-refractivity contribution >= 4 is 16.0 Å². The molecule has 1 aliphatic rings. The van der Waals surface area contributed by atoms with Crippen molar-refractivity contribution in [3.8, 4) is 17.1 Å². The SMILES string of the molecule is CCS(=O)(=O)N1Cc2ccccc2C[C@H]1C(=O)OCc1nc(-c2ccccc2OC)no1. The maximum Gasteiger partial charge on any atom is 0.325 e. The van der Waals surface area contributed by atoms with Crippen LogP contribution in [0.5, 0.6) is 5.75 Å². The summed E-state index contributed by atoms with van der Waals surface area (Å²) in [4.78, 5) is 17.2. The monoisotopic (exact) mass is 457 g/mol. The van der Waals surface area contributed by atoms with E-state index in [4.69, 9.17) is 14.0 Å². The first kappa shape index (κ1) is 22.0. The first-order valence-corrected chi connectivity index (χ1v) is 11.7. The van der Waals surface area contributed by atoms with Gasteiger partial charge in [-0.3, -0.25) is 4.79 Å². The van der Waals surface area contributed by atoms with E-state index in [0.29, 0.717) is 17.1 Å². The van der Waals surface area contributed by atoms with Gasteiger partial charge in [-0.25, -0.2) is 8.42 Å². The Morgan fingerprint density at radius 2 is 1.88 bits per heavy atom. The fourth-order valence-electron chi connectivity index (χ4n) is 3.64. The van der Waals surface area contributed by atoms with Crippen LogP contribution in [-0.4, -0.2) is 47.7 Å². The van der Waals surface area contributed by atoms with Crippen molar-refractivity contribution in [1.29, 1.82) is 0 Å². The van der Waals surface area contributed by atoms with Crippen molar-refractivity contribution in [3.05, 3.63) is 65.5 Å².